The summed E-state index contributed by atoms with van der Waals surface area (Å²) in [5.74, 6) is 0. The number of nitrogens with zero attached hydrogens (tertiary/aromatic N) is 1. The van der Waals surface area contributed by atoms with E-state index in [1.165, 1.54) is 10.4 Å². The van der Waals surface area contributed by atoms with Crippen LogP contribution in [0.15, 0.2) is 17.0 Å². The SMILES string of the molecule is CCC1(O)CN(S(=O)(=O)c2cc(N)cc(C)c2C)C1. The van der Waals surface area contributed by atoms with Crippen molar-refractivity contribution in [2.24, 2.45) is 0 Å². The highest BCUT2D eigenvalue weighted by atomic mass is 32.2. The van der Waals surface area contributed by atoms with E-state index in [0.717, 1.165) is 5.56 Å². The van der Waals surface area contributed by atoms with Crippen molar-refractivity contribution < 1.29 is 13.5 Å². The number of sulfonamides is 1. The molecule has 0 unspecified atom stereocenters. The quantitative estimate of drug-likeness (QED) is 0.812. The molecule has 0 bridgehead atoms. The maximum absolute atomic E-state index is 12.5. The van der Waals surface area contributed by atoms with Crippen molar-refractivity contribution in [3.8, 4) is 0 Å². The van der Waals surface area contributed by atoms with Crippen LogP contribution in [0.5, 0.6) is 0 Å². The fourth-order valence-corrected chi connectivity index (χ4v) is 4.20. The van der Waals surface area contributed by atoms with Crippen molar-refractivity contribution in [3.63, 3.8) is 0 Å². The standard InChI is InChI=1S/C13H20N2O3S/c1-4-13(16)7-15(8-13)19(17,18)12-6-11(14)5-9(2)10(12)3/h5-6,16H,4,7-8,14H2,1-3H3. The summed E-state index contributed by atoms with van der Waals surface area (Å²) in [6, 6.07) is 3.24. The second kappa shape index (κ2) is 4.47. The van der Waals surface area contributed by atoms with E-state index >= 15 is 0 Å². The van der Waals surface area contributed by atoms with Gasteiger partial charge in [-0.15, -0.1) is 0 Å². The van der Waals surface area contributed by atoms with Gasteiger partial charge in [0.1, 0.15) is 0 Å². The van der Waals surface area contributed by atoms with Crippen molar-refractivity contribution in [1.82, 2.24) is 4.31 Å². The van der Waals surface area contributed by atoms with Gasteiger partial charge in [-0.3, -0.25) is 0 Å². The highest BCUT2D eigenvalue weighted by Crippen LogP contribution is 2.32. The first-order valence-corrected chi connectivity index (χ1v) is 7.73. The normalized spacial score (nSPS) is 19.2. The maximum atomic E-state index is 12.5. The number of anilines is 1. The minimum atomic E-state index is -3.57. The van der Waals surface area contributed by atoms with Crippen LogP contribution in [0, 0.1) is 13.8 Å². The average molecular weight is 284 g/mol. The first kappa shape index (κ1) is 14.3. The predicted octanol–water partition coefficient (Wildman–Crippen LogP) is 1.03. The Labute approximate surface area is 114 Å². The second-order valence-corrected chi connectivity index (χ2v) is 7.22. The van der Waals surface area contributed by atoms with E-state index in [4.69, 9.17) is 5.73 Å². The Morgan fingerprint density at radius 2 is 1.95 bits per heavy atom. The molecule has 0 spiro atoms. The molecule has 1 aliphatic heterocycles. The van der Waals surface area contributed by atoms with Crippen LogP contribution in [0.25, 0.3) is 0 Å². The van der Waals surface area contributed by atoms with Gasteiger partial charge in [-0.1, -0.05) is 6.92 Å². The Hall–Kier alpha value is -1.11. The third kappa shape index (κ3) is 2.35. The van der Waals surface area contributed by atoms with Crippen LogP contribution in [0.4, 0.5) is 5.69 Å². The smallest absolute Gasteiger partial charge is 0.243 e. The molecule has 106 valence electrons. The number of aryl methyl sites for hydroxylation is 1. The van der Waals surface area contributed by atoms with Gasteiger partial charge in [-0.2, -0.15) is 4.31 Å². The molecule has 6 heteroatoms. The maximum Gasteiger partial charge on any atom is 0.243 e. The van der Waals surface area contributed by atoms with Crippen LogP contribution >= 0.6 is 0 Å². The Morgan fingerprint density at radius 3 is 2.47 bits per heavy atom. The summed E-state index contributed by atoms with van der Waals surface area (Å²) in [4.78, 5) is 0.239. The zero-order valence-corrected chi connectivity index (χ0v) is 12.3. The largest absolute Gasteiger partial charge is 0.399 e. The molecule has 3 N–H and O–H groups in total. The van der Waals surface area contributed by atoms with E-state index in [-0.39, 0.29) is 18.0 Å². The Balaban J connectivity index is 2.37. The molecule has 0 aromatic heterocycles. The molecule has 0 saturated carbocycles. The van der Waals surface area contributed by atoms with Crippen molar-refractivity contribution in [2.75, 3.05) is 18.8 Å². The molecular formula is C13H20N2O3S. The second-order valence-electron chi connectivity index (χ2n) is 5.31. The molecule has 1 aromatic carbocycles. The minimum absolute atomic E-state index is 0.152. The van der Waals surface area contributed by atoms with Crippen LogP contribution in [-0.2, 0) is 10.0 Å². The average Bonchev–Trinajstić information content (AvgIpc) is 2.29. The lowest BCUT2D eigenvalue weighted by Crippen LogP contribution is -2.62. The molecule has 19 heavy (non-hydrogen) atoms. The van der Waals surface area contributed by atoms with Crippen LogP contribution < -0.4 is 5.73 Å². The van der Waals surface area contributed by atoms with Crippen LogP contribution in [0.2, 0.25) is 0 Å². The number of rotatable bonds is 3. The summed E-state index contributed by atoms with van der Waals surface area (Å²) in [5.41, 5.74) is 6.85. The van der Waals surface area contributed by atoms with Gasteiger partial charge < -0.3 is 10.8 Å². The van der Waals surface area contributed by atoms with Gasteiger partial charge in [0.25, 0.3) is 0 Å². The van der Waals surface area contributed by atoms with Gasteiger partial charge >= 0.3 is 0 Å². The van der Waals surface area contributed by atoms with Gasteiger partial charge in [-0.25, -0.2) is 8.42 Å². The summed E-state index contributed by atoms with van der Waals surface area (Å²) in [6.45, 7) is 5.76. The monoisotopic (exact) mass is 284 g/mol. The summed E-state index contributed by atoms with van der Waals surface area (Å²) in [6.07, 6.45) is 0.550. The molecular weight excluding hydrogens is 264 g/mol. The third-order valence-electron chi connectivity index (χ3n) is 3.86. The van der Waals surface area contributed by atoms with Gasteiger partial charge in [0, 0.05) is 18.8 Å². The van der Waals surface area contributed by atoms with E-state index in [0.29, 0.717) is 17.7 Å². The summed E-state index contributed by atoms with van der Waals surface area (Å²) in [7, 11) is -3.57. The number of benzene rings is 1. The van der Waals surface area contributed by atoms with Crippen molar-refractivity contribution in [1.29, 1.82) is 0 Å². The molecule has 0 radical (unpaired) electrons. The van der Waals surface area contributed by atoms with Crippen molar-refractivity contribution in [2.45, 2.75) is 37.7 Å². The number of hydrogen-bond donors (Lipinski definition) is 2. The highest BCUT2D eigenvalue weighted by Gasteiger charge is 2.46. The van der Waals surface area contributed by atoms with Crippen molar-refractivity contribution >= 4 is 15.7 Å². The summed E-state index contributed by atoms with van der Waals surface area (Å²) < 4.78 is 26.3. The van der Waals surface area contributed by atoms with Crippen LogP contribution in [0.3, 0.4) is 0 Å². The zero-order valence-electron chi connectivity index (χ0n) is 11.5. The Morgan fingerprint density at radius 1 is 1.37 bits per heavy atom. The molecule has 0 atom stereocenters. The highest BCUT2D eigenvalue weighted by molar-refractivity contribution is 7.89. The molecule has 1 heterocycles. The number of nitrogens with two attached hydrogens (primary N) is 1. The molecule has 1 aromatic rings. The third-order valence-corrected chi connectivity index (χ3v) is 5.78. The van der Waals surface area contributed by atoms with Crippen LogP contribution in [0.1, 0.15) is 24.5 Å². The van der Waals surface area contributed by atoms with E-state index in [1.54, 1.807) is 13.0 Å². The first-order valence-electron chi connectivity index (χ1n) is 6.29. The van der Waals surface area contributed by atoms with E-state index in [9.17, 15) is 13.5 Å². The van der Waals surface area contributed by atoms with Gasteiger partial charge in [0.15, 0.2) is 0 Å². The fourth-order valence-electron chi connectivity index (χ4n) is 2.26. The molecule has 2 rings (SSSR count). The molecule has 5 nitrogen and oxygen atoms in total. The van der Waals surface area contributed by atoms with E-state index in [1.807, 2.05) is 13.8 Å². The zero-order chi connectivity index (χ0) is 14.4. The van der Waals surface area contributed by atoms with Crippen LogP contribution in [-0.4, -0.2) is 36.5 Å². The predicted molar refractivity (Wildman–Crippen MR) is 74.3 cm³/mol. The van der Waals surface area contributed by atoms with Gasteiger partial charge in [0.2, 0.25) is 10.0 Å². The number of hydrogen-bond acceptors (Lipinski definition) is 4. The minimum Gasteiger partial charge on any atom is -0.399 e. The molecule has 1 aliphatic rings. The number of β-amino-alcohol motifs (C(OH)–C–C–N with tert-alkyl or cyclic N) is 1. The molecule has 1 fully saturated rings. The van der Waals surface area contributed by atoms with Crippen molar-refractivity contribution in [3.05, 3.63) is 23.3 Å². The molecule has 1 saturated heterocycles. The lowest BCUT2D eigenvalue weighted by Gasteiger charge is -2.45. The fraction of sp³-hybridized carbons (Fsp3) is 0.538. The number of aliphatic hydroxyl groups is 1. The lowest BCUT2D eigenvalue weighted by atomic mass is 9.94. The number of nitrogen functional groups attached to an aromatic ring is 1. The van der Waals surface area contributed by atoms with Gasteiger partial charge in [0.05, 0.1) is 10.5 Å². The van der Waals surface area contributed by atoms with E-state index in [2.05, 4.69) is 0 Å². The Bertz CT molecular complexity index is 605. The first-order chi connectivity index (χ1) is 8.69. The topological polar surface area (TPSA) is 83.6 Å². The summed E-state index contributed by atoms with van der Waals surface area (Å²) >= 11 is 0. The van der Waals surface area contributed by atoms with E-state index < -0.39 is 15.6 Å². The molecule has 0 aliphatic carbocycles. The lowest BCUT2D eigenvalue weighted by molar-refractivity contribution is -0.0613. The van der Waals surface area contributed by atoms with Gasteiger partial charge in [-0.05, 0) is 43.5 Å². The summed E-state index contributed by atoms with van der Waals surface area (Å²) in [5, 5.41) is 9.95. The Kier molecular flexibility index (Phi) is 3.36. The molecule has 0 amide bonds.